The molecular formula is C16H16OS. The molecule has 1 aromatic carbocycles. The van der Waals surface area contributed by atoms with Crippen molar-refractivity contribution in [2.75, 3.05) is 0 Å². The molecular weight excluding hydrogens is 240 g/mol. The first-order valence-electron chi connectivity index (χ1n) is 6.52. The first kappa shape index (κ1) is 11.7. The van der Waals surface area contributed by atoms with Crippen LogP contribution >= 0.6 is 11.3 Å². The van der Waals surface area contributed by atoms with Gasteiger partial charge in [0, 0.05) is 10.8 Å². The van der Waals surface area contributed by atoms with Crippen LogP contribution in [0.5, 0.6) is 0 Å². The molecule has 1 nitrogen and oxygen atoms in total. The van der Waals surface area contributed by atoms with E-state index in [0.29, 0.717) is 11.7 Å². The number of ketones is 1. The average Bonchev–Trinajstić information content (AvgIpc) is 3.15. The van der Waals surface area contributed by atoms with Crippen LogP contribution in [0.15, 0.2) is 36.4 Å². The van der Waals surface area contributed by atoms with E-state index in [2.05, 4.69) is 37.3 Å². The largest absolute Gasteiger partial charge is 0.293 e. The number of carbonyl (C=O) groups excluding carboxylic acids is 1. The molecule has 0 unspecified atom stereocenters. The van der Waals surface area contributed by atoms with Crippen molar-refractivity contribution in [1.82, 2.24) is 0 Å². The minimum Gasteiger partial charge on any atom is -0.293 e. The van der Waals surface area contributed by atoms with E-state index in [1.54, 1.807) is 11.3 Å². The second-order valence-corrected chi connectivity index (χ2v) is 5.90. The van der Waals surface area contributed by atoms with Gasteiger partial charge in [-0.1, -0.05) is 31.2 Å². The second-order valence-electron chi connectivity index (χ2n) is 4.81. The Morgan fingerprint density at radius 2 is 2.00 bits per heavy atom. The van der Waals surface area contributed by atoms with E-state index in [-0.39, 0.29) is 0 Å². The Morgan fingerprint density at radius 1 is 1.22 bits per heavy atom. The molecule has 0 N–H and O–H groups in total. The fourth-order valence-corrected chi connectivity index (χ4v) is 3.32. The third kappa shape index (κ3) is 2.13. The summed E-state index contributed by atoms with van der Waals surface area (Å²) in [5, 5.41) is 0. The highest BCUT2D eigenvalue weighted by atomic mass is 32.1. The zero-order valence-electron chi connectivity index (χ0n) is 10.5. The lowest BCUT2D eigenvalue weighted by molar-refractivity contribution is 0.0971. The van der Waals surface area contributed by atoms with Crippen molar-refractivity contribution < 1.29 is 4.79 Å². The smallest absolute Gasteiger partial charge is 0.175 e. The van der Waals surface area contributed by atoms with Gasteiger partial charge >= 0.3 is 0 Å². The fraction of sp³-hybridized carbons (Fsp3) is 0.312. The van der Waals surface area contributed by atoms with E-state index in [9.17, 15) is 4.79 Å². The lowest BCUT2D eigenvalue weighted by Gasteiger charge is -2.04. The van der Waals surface area contributed by atoms with E-state index < -0.39 is 0 Å². The second kappa shape index (κ2) is 4.69. The molecule has 0 amide bonds. The molecule has 0 bridgehead atoms. The Morgan fingerprint density at radius 3 is 2.72 bits per heavy atom. The van der Waals surface area contributed by atoms with Crippen LogP contribution in [-0.2, 0) is 6.42 Å². The van der Waals surface area contributed by atoms with Crippen LogP contribution in [-0.4, -0.2) is 5.78 Å². The summed E-state index contributed by atoms with van der Waals surface area (Å²) in [5.74, 6) is 0.665. The molecule has 1 fully saturated rings. The summed E-state index contributed by atoms with van der Waals surface area (Å²) in [6.07, 6.45) is 3.19. The number of rotatable bonds is 4. The van der Waals surface area contributed by atoms with Gasteiger partial charge in [0.15, 0.2) is 5.78 Å². The van der Waals surface area contributed by atoms with Gasteiger partial charge in [-0.25, -0.2) is 0 Å². The third-order valence-corrected chi connectivity index (χ3v) is 4.59. The average molecular weight is 256 g/mol. The Labute approximate surface area is 111 Å². The van der Waals surface area contributed by atoms with Gasteiger partial charge in [-0.15, -0.1) is 11.3 Å². The summed E-state index contributed by atoms with van der Waals surface area (Å²) in [6.45, 7) is 2.17. The van der Waals surface area contributed by atoms with Crippen LogP contribution in [0, 0.1) is 5.92 Å². The number of carbonyl (C=O) groups is 1. The highest BCUT2D eigenvalue weighted by molar-refractivity contribution is 7.17. The van der Waals surface area contributed by atoms with Gasteiger partial charge < -0.3 is 0 Å². The van der Waals surface area contributed by atoms with Gasteiger partial charge in [0.25, 0.3) is 0 Å². The van der Waals surface area contributed by atoms with E-state index in [1.165, 1.54) is 16.0 Å². The molecule has 0 saturated heterocycles. The van der Waals surface area contributed by atoms with Crippen LogP contribution in [0.3, 0.4) is 0 Å². The summed E-state index contributed by atoms with van der Waals surface area (Å²) >= 11 is 1.64. The molecule has 0 spiro atoms. The number of hydrogen-bond acceptors (Lipinski definition) is 2. The maximum Gasteiger partial charge on any atom is 0.175 e. The van der Waals surface area contributed by atoms with Crippen molar-refractivity contribution in [1.29, 1.82) is 0 Å². The van der Waals surface area contributed by atoms with Crippen LogP contribution in [0.4, 0.5) is 0 Å². The normalized spacial score (nSPS) is 14.7. The van der Waals surface area contributed by atoms with Crippen LogP contribution in [0.1, 0.15) is 35.0 Å². The summed E-state index contributed by atoms with van der Waals surface area (Å²) in [7, 11) is 0. The molecule has 1 aromatic heterocycles. The quantitative estimate of drug-likeness (QED) is 0.732. The number of benzene rings is 1. The maximum atomic E-state index is 12.0. The van der Waals surface area contributed by atoms with Gasteiger partial charge in [0.2, 0.25) is 0 Å². The van der Waals surface area contributed by atoms with E-state index in [0.717, 1.165) is 24.1 Å². The fourth-order valence-electron chi connectivity index (χ4n) is 2.23. The summed E-state index contributed by atoms with van der Waals surface area (Å²) < 4.78 is 0. The summed E-state index contributed by atoms with van der Waals surface area (Å²) in [6, 6.07) is 12.5. The predicted molar refractivity (Wildman–Crippen MR) is 76.2 cm³/mol. The number of thiophene rings is 1. The van der Waals surface area contributed by atoms with Gasteiger partial charge in [0.1, 0.15) is 0 Å². The topological polar surface area (TPSA) is 17.1 Å². The Hall–Kier alpha value is -1.41. The van der Waals surface area contributed by atoms with Gasteiger partial charge in [-0.05, 0) is 42.5 Å². The number of aryl methyl sites for hydroxylation is 1. The molecule has 2 aromatic rings. The standard InChI is InChI=1S/C16H16OS/c1-2-11-5-3-4-6-13(11)14-9-10-15(18-14)16(17)12-7-8-12/h3-6,9-10,12H,2,7-8H2,1H3. The minimum atomic E-state index is 0.318. The van der Waals surface area contributed by atoms with Crippen molar-refractivity contribution in [2.24, 2.45) is 5.92 Å². The van der Waals surface area contributed by atoms with Crippen molar-refractivity contribution in [3.63, 3.8) is 0 Å². The number of hydrogen-bond donors (Lipinski definition) is 0. The molecule has 1 saturated carbocycles. The Bertz CT molecular complexity index is 578. The highest BCUT2D eigenvalue weighted by Gasteiger charge is 2.31. The molecule has 18 heavy (non-hydrogen) atoms. The maximum absolute atomic E-state index is 12.0. The van der Waals surface area contributed by atoms with Gasteiger partial charge in [0.05, 0.1) is 4.88 Å². The van der Waals surface area contributed by atoms with Crippen LogP contribution < -0.4 is 0 Å². The van der Waals surface area contributed by atoms with Crippen molar-refractivity contribution in [2.45, 2.75) is 26.2 Å². The van der Waals surface area contributed by atoms with E-state index >= 15 is 0 Å². The van der Waals surface area contributed by atoms with Crippen molar-refractivity contribution in [3.8, 4) is 10.4 Å². The lowest BCUT2D eigenvalue weighted by atomic mass is 10.0. The summed E-state index contributed by atoms with van der Waals surface area (Å²) in [4.78, 5) is 14.2. The first-order valence-corrected chi connectivity index (χ1v) is 7.33. The van der Waals surface area contributed by atoms with Crippen molar-refractivity contribution in [3.05, 3.63) is 46.8 Å². The molecule has 92 valence electrons. The van der Waals surface area contributed by atoms with E-state index in [4.69, 9.17) is 0 Å². The first-order chi connectivity index (χ1) is 8.79. The SMILES string of the molecule is CCc1ccccc1-c1ccc(C(=O)C2CC2)s1. The van der Waals surface area contributed by atoms with E-state index in [1.807, 2.05) is 6.07 Å². The third-order valence-electron chi connectivity index (χ3n) is 3.46. The lowest BCUT2D eigenvalue weighted by Crippen LogP contribution is -1.96. The summed E-state index contributed by atoms with van der Waals surface area (Å²) in [5.41, 5.74) is 2.63. The molecule has 0 atom stereocenters. The molecule has 0 radical (unpaired) electrons. The van der Waals surface area contributed by atoms with Gasteiger partial charge in [-0.3, -0.25) is 4.79 Å². The molecule has 0 aliphatic heterocycles. The Balaban J connectivity index is 1.94. The zero-order chi connectivity index (χ0) is 12.5. The molecule has 1 aliphatic carbocycles. The highest BCUT2D eigenvalue weighted by Crippen LogP contribution is 2.37. The minimum absolute atomic E-state index is 0.318. The van der Waals surface area contributed by atoms with Crippen LogP contribution in [0.25, 0.3) is 10.4 Å². The predicted octanol–water partition coefficient (Wildman–Crippen LogP) is 4.57. The monoisotopic (exact) mass is 256 g/mol. The van der Waals surface area contributed by atoms with Crippen molar-refractivity contribution >= 4 is 17.1 Å². The van der Waals surface area contributed by atoms with Crippen LogP contribution in [0.2, 0.25) is 0 Å². The zero-order valence-corrected chi connectivity index (χ0v) is 11.3. The molecule has 1 heterocycles. The molecule has 1 aliphatic rings. The Kier molecular flexibility index (Phi) is 3.04. The molecule has 2 heteroatoms. The molecule has 3 rings (SSSR count). The number of Topliss-reactive ketones (excluding diaryl/α,β-unsaturated/α-hetero) is 1. The van der Waals surface area contributed by atoms with Gasteiger partial charge in [-0.2, -0.15) is 0 Å².